The number of hydrogen-bond donors (Lipinski definition) is 16. The van der Waals surface area contributed by atoms with Crippen molar-refractivity contribution in [2.45, 2.75) is 139 Å². The molecule has 1 saturated heterocycles. The third-order valence-electron chi connectivity index (χ3n) is 19.1. The number of unbranched alkanes of at least 4 members (excludes halogenated alkanes) is 1. The number of amides is 10. The fourth-order valence-corrected chi connectivity index (χ4v) is 15.0. The number of benzene rings is 6. The second-order valence-electron chi connectivity index (χ2n) is 28.2. The molecule has 9 atom stereocenters. The molecule has 35 heteroatoms. The van der Waals surface area contributed by atoms with E-state index in [1.54, 1.807) is 134 Å². The lowest BCUT2D eigenvalue weighted by atomic mass is 10.0. The van der Waals surface area contributed by atoms with E-state index in [0.717, 1.165) is 26.5 Å². The van der Waals surface area contributed by atoms with Gasteiger partial charge in [-0.15, -0.1) is 5.48 Å². The Morgan fingerprint density at radius 3 is 1.84 bits per heavy atom. The summed E-state index contributed by atoms with van der Waals surface area (Å²) in [5, 5.41) is 44.7. The standard InChI is InChI=1S/C84H106N16O17S2/c1-51(101)21-19-38-90-84(112)116-69-44-56(32-33-57-45-70(113-3)74(115-5)71(46-57)114-4)34-35-68(69)117-99-65(42-54-24-11-7-12-25-54)79(108)93-62(31-20-37-89-83(87)88)75(104)97-67-50-119-118-40-39-100(49-72(86)103)82(111)66(43-55-26-13-8-14-27-55)96-81(110)73(52(2)102)98-76(105)61(30-17-18-36-85)92-78(107)64(47-58-48-91-60-29-16-15-28-59(58)60)95-77(106)63(94-80(67)109)41-53-22-9-6-10-23-53/h6-16,22-29,32-35,44-46,48,52,61-67,73,91,99,102H,17-21,30-31,36-43,47,49-50,85H2,1-5H3,(H2,86,103)(H,90,112)(H,92,107)(H,93,108)(H,94,109)(H,95,106)(H,96,110)(H,97,104)(H,98,105)(H4,87,88,89)/b33-32-/t52-,61+,62+,63+,64-,65-,66+,67+,73+/m1/s1. The van der Waals surface area contributed by atoms with Gasteiger partial charge in [0.05, 0.1) is 34.0 Å². The van der Waals surface area contributed by atoms with Gasteiger partial charge in [-0.2, -0.15) is 0 Å². The molecule has 2 heterocycles. The minimum Gasteiger partial charge on any atom is -0.493 e. The van der Waals surface area contributed by atoms with Crippen LogP contribution in [0.2, 0.25) is 0 Å². The number of aliphatic hydroxyl groups is 1. The zero-order valence-electron chi connectivity index (χ0n) is 67.0. The fourth-order valence-electron chi connectivity index (χ4n) is 12.9. The predicted octanol–water partition coefficient (Wildman–Crippen LogP) is 3.92. The Kier molecular flexibility index (Phi) is 37.2. The number of para-hydroxylation sites is 1. The zero-order valence-corrected chi connectivity index (χ0v) is 68.6. The molecule has 119 heavy (non-hydrogen) atoms. The van der Waals surface area contributed by atoms with Gasteiger partial charge in [-0.05, 0) is 129 Å². The van der Waals surface area contributed by atoms with Gasteiger partial charge < -0.3 is 109 Å². The SMILES string of the molecule is COc1cc(/C=C\c2ccc(ON[C@H](Cc3ccccc3)C(=O)N[C@@H](CCCNC(=N)N)C(=O)N[C@H]3CSSCCN(CC(N)=O)C(=O)[C@H](Cc4ccccc4)NC(=O)[C@H]([C@@H](C)O)NC(=O)[C@H](CCCCN)NC(=O)[C@@H](Cc4c[nH]c5ccccc45)NC(=O)[C@H](Cc4ccccc4)NC3=O)c(OC(=O)NCCCC(C)=O)c2)cc(OC)c1OC. The van der Waals surface area contributed by atoms with Crippen LogP contribution >= 0.6 is 21.6 Å². The van der Waals surface area contributed by atoms with Crippen LogP contribution in [0.4, 0.5) is 4.79 Å². The number of carbonyl (C=O) groups is 11. The highest BCUT2D eigenvalue weighted by Crippen LogP contribution is 2.39. The first kappa shape index (κ1) is 92.3. The number of aromatic nitrogens is 1. The van der Waals surface area contributed by atoms with Crippen molar-refractivity contribution in [3.8, 4) is 28.7 Å². The molecule has 33 nitrogen and oxygen atoms in total. The van der Waals surface area contributed by atoms with Crippen LogP contribution in [0.5, 0.6) is 28.7 Å². The average molecular weight is 1680 g/mol. The number of aliphatic hydroxyl groups excluding tert-OH is 1. The first-order valence-electron chi connectivity index (χ1n) is 38.9. The number of ketones is 1. The first-order valence-corrected chi connectivity index (χ1v) is 41.4. The van der Waals surface area contributed by atoms with E-state index in [9.17, 15) is 33.9 Å². The molecule has 0 bridgehead atoms. The Balaban J connectivity index is 1.17. The number of H-pyrrole nitrogens is 1. The topological polar surface area (TPSA) is 495 Å². The maximum absolute atomic E-state index is 15.6. The number of methoxy groups -OCH3 is 3. The minimum absolute atomic E-state index is 0.0221. The van der Waals surface area contributed by atoms with Crippen molar-refractivity contribution in [2.75, 3.05) is 65.6 Å². The maximum atomic E-state index is 15.6. The summed E-state index contributed by atoms with van der Waals surface area (Å²) in [5.41, 5.74) is 24.4. The van der Waals surface area contributed by atoms with Crippen molar-refractivity contribution >= 4 is 116 Å². The van der Waals surface area contributed by atoms with Gasteiger partial charge >= 0.3 is 6.09 Å². The number of nitrogens with zero attached hydrogens (tertiary/aromatic N) is 1. The van der Waals surface area contributed by atoms with Gasteiger partial charge in [0.2, 0.25) is 58.9 Å². The number of fused-ring (bicyclic) bond motifs is 1. The lowest BCUT2D eigenvalue weighted by molar-refractivity contribution is -0.140. The summed E-state index contributed by atoms with van der Waals surface area (Å²) in [5.74, 6) is -7.72. The van der Waals surface area contributed by atoms with Crippen LogP contribution in [0.3, 0.4) is 0 Å². The van der Waals surface area contributed by atoms with Crippen molar-refractivity contribution in [1.29, 1.82) is 5.41 Å². The minimum atomic E-state index is -1.73. The monoisotopic (exact) mass is 1670 g/mol. The molecule has 0 unspecified atom stereocenters. The highest BCUT2D eigenvalue weighted by atomic mass is 33.1. The third-order valence-corrected chi connectivity index (χ3v) is 21.5. The quantitative estimate of drug-likeness (QED) is 0.00661. The van der Waals surface area contributed by atoms with E-state index in [-0.39, 0.29) is 119 Å². The van der Waals surface area contributed by atoms with Gasteiger partial charge in [0.25, 0.3) is 0 Å². The number of hydroxylamine groups is 1. The van der Waals surface area contributed by atoms with Gasteiger partial charge in [0.15, 0.2) is 29.0 Å². The number of hydrogen-bond acceptors (Lipinski definition) is 22. The van der Waals surface area contributed by atoms with Crippen LogP contribution in [0.25, 0.3) is 23.1 Å². The number of carbonyl (C=O) groups excluding carboxylic acids is 11. The Bertz CT molecular complexity index is 4600. The van der Waals surface area contributed by atoms with Gasteiger partial charge in [0, 0.05) is 73.9 Å². The number of nitrogens with two attached hydrogens (primary N) is 3. The maximum Gasteiger partial charge on any atom is 0.412 e. The Labute approximate surface area is 697 Å². The molecule has 0 saturated carbocycles. The number of ether oxygens (including phenoxy) is 4. The Hall–Kier alpha value is -12.2. The van der Waals surface area contributed by atoms with Crippen LogP contribution in [-0.2, 0) is 73.6 Å². The van der Waals surface area contributed by atoms with E-state index in [1.165, 1.54) is 47.3 Å². The molecule has 7 aromatic rings. The molecule has 1 aliphatic rings. The molecule has 1 aromatic heterocycles. The summed E-state index contributed by atoms with van der Waals surface area (Å²) >= 11 is 0. The summed E-state index contributed by atoms with van der Waals surface area (Å²) < 4.78 is 22.5. The smallest absolute Gasteiger partial charge is 0.412 e. The zero-order chi connectivity index (χ0) is 85.8. The van der Waals surface area contributed by atoms with E-state index in [4.69, 9.17) is 46.4 Å². The van der Waals surface area contributed by atoms with E-state index in [2.05, 4.69) is 58.3 Å². The van der Waals surface area contributed by atoms with E-state index in [0.29, 0.717) is 74.4 Å². The molecule has 1 aliphatic heterocycles. The number of guanidine groups is 1. The first-order chi connectivity index (χ1) is 57.3. The molecule has 6 aromatic carbocycles. The lowest BCUT2D eigenvalue weighted by Crippen LogP contribution is -2.62. The second-order valence-corrected chi connectivity index (χ2v) is 30.8. The van der Waals surface area contributed by atoms with Crippen LogP contribution in [0, 0.1) is 5.41 Å². The largest absolute Gasteiger partial charge is 0.493 e. The van der Waals surface area contributed by atoms with Crippen molar-refractivity contribution in [1.82, 2.24) is 63.2 Å². The average Bonchev–Trinajstić information content (AvgIpc) is 1.50. The highest BCUT2D eigenvalue weighted by Gasteiger charge is 2.38. The van der Waals surface area contributed by atoms with Crippen molar-refractivity contribution < 1.29 is 81.6 Å². The van der Waals surface area contributed by atoms with Gasteiger partial charge in [0.1, 0.15) is 54.1 Å². The molecule has 8 rings (SSSR count). The molecule has 0 radical (unpaired) electrons. The van der Waals surface area contributed by atoms with E-state index in [1.807, 2.05) is 18.2 Å². The second kappa shape index (κ2) is 47.9. The Morgan fingerprint density at radius 1 is 0.622 bits per heavy atom. The number of rotatable bonds is 36. The van der Waals surface area contributed by atoms with E-state index >= 15 is 24.0 Å². The van der Waals surface area contributed by atoms with Crippen LogP contribution < -0.4 is 94.3 Å². The molecular formula is C84H106N16O17S2. The van der Waals surface area contributed by atoms with Crippen molar-refractivity contribution in [3.05, 3.63) is 185 Å². The lowest BCUT2D eigenvalue weighted by Gasteiger charge is -2.30. The highest BCUT2D eigenvalue weighted by molar-refractivity contribution is 8.76. The molecule has 0 aliphatic carbocycles. The molecule has 10 amide bonds. The summed E-state index contributed by atoms with van der Waals surface area (Å²) in [4.78, 5) is 170. The van der Waals surface area contributed by atoms with Crippen molar-refractivity contribution in [3.63, 3.8) is 0 Å². The normalized spacial score (nSPS) is 18.1. The fraction of sp³-hybridized carbons (Fsp3) is 0.381. The molecule has 0 spiro atoms. The number of Topliss-reactive ketones (excluding diaryl/α,β-unsaturated/α-hetero) is 1. The van der Waals surface area contributed by atoms with Gasteiger partial charge in [-0.25, -0.2) is 4.79 Å². The number of primary amides is 1. The van der Waals surface area contributed by atoms with Crippen LogP contribution in [0.1, 0.15) is 92.2 Å². The summed E-state index contributed by atoms with van der Waals surface area (Å²) in [7, 11) is 6.61. The van der Waals surface area contributed by atoms with Gasteiger partial charge in [-0.3, -0.25) is 48.6 Å². The van der Waals surface area contributed by atoms with E-state index < -0.39 is 120 Å². The van der Waals surface area contributed by atoms with Crippen LogP contribution in [0.15, 0.2) is 152 Å². The molecule has 1 fully saturated rings. The molecule has 19 N–H and O–H groups in total. The van der Waals surface area contributed by atoms with Gasteiger partial charge in [-0.1, -0.05) is 149 Å². The number of aromatic amines is 1. The molecular weight excluding hydrogens is 1570 g/mol. The van der Waals surface area contributed by atoms with Crippen LogP contribution in [-0.4, -0.2) is 206 Å². The molecule has 636 valence electrons. The summed E-state index contributed by atoms with van der Waals surface area (Å²) in [6, 6.07) is 29.3. The number of nitrogens with one attached hydrogen (secondary N) is 12. The summed E-state index contributed by atoms with van der Waals surface area (Å²) in [6.45, 7) is 2.20. The Morgan fingerprint density at radius 2 is 1.21 bits per heavy atom. The third kappa shape index (κ3) is 29.7. The summed E-state index contributed by atoms with van der Waals surface area (Å²) in [6.07, 6.45) is 3.14. The predicted molar refractivity (Wildman–Crippen MR) is 453 cm³/mol. The van der Waals surface area contributed by atoms with Crippen molar-refractivity contribution in [2.24, 2.45) is 17.2 Å².